The quantitative estimate of drug-likeness (QED) is 0.639. The van der Waals surface area contributed by atoms with Crippen molar-refractivity contribution < 1.29 is 23.8 Å². The minimum absolute atomic E-state index is 0.208. The summed E-state index contributed by atoms with van der Waals surface area (Å²) in [5, 5.41) is 0.601. The van der Waals surface area contributed by atoms with Crippen LogP contribution in [0.5, 0.6) is 17.2 Å². The van der Waals surface area contributed by atoms with Gasteiger partial charge in [0.15, 0.2) is 23.1 Å². The van der Waals surface area contributed by atoms with E-state index in [1.54, 1.807) is 12.1 Å². The van der Waals surface area contributed by atoms with Crippen LogP contribution in [0, 0.1) is 0 Å². The molecule has 0 spiro atoms. The zero-order valence-corrected chi connectivity index (χ0v) is 15.0. The molecular formula is C18H15BrO5. The van der Waals surface area contributed by atoms with Gasteiger partial charge in [-0.3, -0.25) is 9.59 Å². The molecule has 3 rings (SSSR count). The fourth-order valence-corrected chi connectivity index (χ4v) is 3.25. The smallest absolute Gasteiger partial charge is 0.204 e. The maximum atomic E-state index is 13.0. The van der Waals surface area contributed by atoms with Gasteiger partial charge in [-0.05, 0) is 23.8 Å². The number of benzene rings is 2. The Balaban J connectivity index is 2.33. The molecule has 0 aromatic heterocycles. The fourth-order valence-electron chi connectivity index (χ4n) is 2.90. The van der Waals surface area contributed by atoms with E-state index in [4.69, 9.17) is 14.2 Å². The molecule has 24 heavy (non-hydrogen) atoms. The highest BCUT2D eigenvalue weighted by molar-refractivity contribution is 9.08. The molecule has 0 amide bonds. The summed E-state index contributed by atoms with van der Waals surface area (Å²) in [6.45, 7) is 0. The molecule has 124 valence electrons. The van der Waals surface area contributed by atoms with E-state index in [1.807, 2.05) is 6.07 Å². The highest BCUT2D eigenvalue weighted by atomic mass is 79.9. The maximum absolute atomic E-state index is 13.0. The minimum atomic E-state index is -0.265. The van der Waals surface area contributed by atoms with Crippen LogP contribution in [0.4, 0.5) is 0 Å². The van der Waals surface area contributed by atoms with Crippen molar-refractivity contribution in [3.63, 3.8) is 0 Å². The third kappa shape index (κ3) is 2.29. The van der Waals surface area contributed by atoms with E-state index >= 15 is 0 Å². The number of alkyl halides is 1. The third-order valence-electron chi connectivity index (χ3n) is 4.03. The Morgan fingerprint density at radius 3 is 2.12 bits per heavy atom. The van der Waals surface area contributed by atoms with Crippen LogP contribution in [-0.4, -0.2) is 32.9 Å². The van der Waals surface area contributed by atoms with Crippen LogP contribution in [0.25, 0.3) is 0 Å². The van der Waals surface area contributed by atoms with Crippen molar-refractivity contribution in [3.05, 3.63) is 52.1 Å². The molecule has 0 radical (unpaired) electrons. The topological polar surface area (TPSA) is 61.8 Å². The molecule has 0 fully saturated rings. The highest BCUT2D eigenvalue weighted by Crippen LogP contribution is 2.45. The van der Waals surface area contributed by atoms with Crippen molar-refractivity contribution in [1.82, 2.24) is 0 Å². The lowest BCUT2D eigenvalue weighted by molar-refractivity contribution is 0.0975. The molecule has 0 bridgehead atoms. The van der Waals surface area contributed by atoms with Gasteiger partial charge in [-0.2, -0.15) is 0 Å². The molecule has 0 heterocycles. The summed E-state index contributed by atoms with van der Waals surface area (Å²) in [6.07, 6.45) is 0. The fraction of sp³-hybridized carbons (Fsp3) is 0.222. The Morgan fingerprint density at radius 2 is 1.54 bits per heavy atom. The van der Waals surface area contributed by atoms with E-state index in [1.165, 1.54) is 27.4 Å². The summed E-state index contributed by atoms with van der Waals surface area (Å²) in [7, 11) is 4.35. The summed E-state index contributed by atoms with van der Waals surface area (Å²) in [5.74, 6) is 0.343. The van der Waals surface area contributed by atoms with E-state index in [2.05, 4.69) is 15.9 Å². The van der Waals surface area contributed by atoms with E-state index in [0.717, 1.165) is 5.56 Å². The molecule has 2 aromatic rings. The van der Waals surface area contributed by atoms with Crippen LogP contribution >= 0.6 is 15.9 Å². The first-order valence-electron chi connectivity index (χ1n) is 7.18. The molecule has 2 aromatic carbocycles. The number of hydrogen-bond donors (Lipinski definition) is 0. The Kier molecular flexibility index (Phi) is 4.32. The first-order valence-corrected chi connectivity index (χ1v) is 8.30. The molecule has 0 N–H and O–H groups in total. The molecule has 1 aliphatic carbocycles. The Morgan fingerprint density at radius 1 is 0.833 bits per heavy atom. The molecule has 0 unspecified atom stereocenters. The standard InChI is InChI=1S/C18H15BrO5/c1-22-13-7-12-14(18(24-3)17(13)23-2)16(21)10-5-4-9(8-19)6-11(10)15(12)20/h4-7H,8H2,1-3H3. The summed E-state index contributed by atoms with van der Waals surface area (Å²) in [5.41, 5.74) is 2.14. The average molecular weight is 391 g/mol. The number of fused-ring (bicyclic) bond motifs is 2. The van der Waals surface area contributed by atoms with Gasteiger partial charge in [-0.25, -0.2) is 0 Å². The van der Waals surface area contributed by atoms with Crippen molar-refractivity contribution in [1.29, 1.82) is 0 Å². The predicted molar refractivity (Wildman–Crippen MR) is 92.0 cm³/mol. The Bertz CT molecular complexity index is 857. The molecule has 5 nitrogen and oxygen atoms in total. The number of carbonyl (C=O) groups excluding carboxylic acids is 2. The first kappa shape index (κ1) is 16.5. The molecular weight excluding hydrogens is 376 g/mol. The number of carbonyl (C=O) groups is 2. The minimum Gasteiger partial charge on any atom is -0.493 e. The predicted octanol–water partition coefficient (Wildman–Crippen LogP) is 3.38. The zero-order chi connectivity index (χ0) is 17.4. The van der Waals surface area contributed by atoms with Crippen LogP contribution in [-0.2, 0) is 5.33 Å². The first-order chi connectivity index (χ1) is 11.6. The number of methoxy groups -OCH3 is 3. The molecule has 0 aliphatic heterocycles. The van der Waals surface area contributed by atoms with Gasteiger partial charge in [-0.15, -0.1) is 0 Å². The number of halogens is 1. The Labute approximate surface area is 147 Å². The molecule has 0 saturated carbocycles. The SMILES string of the molecule is COc1cc2c(c(OC)c1OC)C(=O)c1ccc(CBr)cc1C2=O. The van der Waals surface area contributed by atoms with Crippen molar-refractivity contribution in [3.8, 4) is 17.2 Å². The number of ketones is 2. The van der Waals surface area contributed by atoms with E-state index in [0.29, 0.717) is 28.0 Å². The van der Waals surface area contributed by atoms with Crippen molar-refractivity contribution in [2.75, 3.05) is 21.3 Å². The third-order valence-corrected chi connectivity index (χ3v) is 4.68. The average Bonchev–Trinajstić information content (AvgIpc) is 2.63. The summed E-state index contributed by atoms with van der Waals surface area (Å²) < 4.78 is 16.0. The van der Waals surface area contributed by atoms with Gasteiger partial charge < -0.3 is 14.2 Å². The molecule has 0 saturated heterocycles. The zero-order valence-electron chi connectivity index (χ0n) is 13.4. The van der Waals surface area contributed by atoms with Crippen molar-refractivity contribution >= 4 is 27.5 Å². The molecule has 6 heteroatoms. The molecule has 1 aliphatic rings. The summed E-state index contributed by atoms with van der Waals surface area (Å²) in [4.78, 5) is 25.9. The van der Waals surface area contributed by atoms with Crippen LogP contribution in [0.3, 0.4) is 0 Å². The van der Waals surface area contributed by atoms with Crippen LogP contribution in [0.2, 0.25) is 0 Å². The lowest BCUT2D eigenvalue weighted by Crippen LogP contribution is -2.22. The monoisotopic (exact) mass is 390 g/mol. The summed E-state index contributed by atoms with van der Waals surface area (Å²) in [6, 6.07) is 6.75. The van der Waals surface area contributed by atoms with Crippen LogP contribution in [0.1, 0.15) is 37.4 Å². The second-order valence-corrected chi connectivity index (χ2v) is 5.80. The highest BCUT2D eigenvalue weighted by Gasteiger charge is 2.35. The van der Waals surface area contributed by atoms with Gasteiger partial charge >= 0.3 is 0 Å². The van der Waals surface area contributed by atoms with E-state index < -0.39 is 0 Å². The van der Waals surface area contributed by atoms with Gasteiger partial charge in [0.2, 0.25) is 5.75 Å². The second kappa shape index (κ2) is 6.28. The second-order valence-electron chi connectivity index (χ2n) is 5.24. The summed E-state index contributed by atoms with van der Waals surface area (Å²) >= 11 is 3.36. The van der Waals surface area contributed by atoms with Crippen LogP contribution in [0.15, 0.2) is 24.3 Å². The normalized spacial score (nSPS) is 12.5. The largest absolute Gasteiger partial charge is 0.493 e. The van der Waals surface area contributed by atoms with Gasteiger partial charge in [-0.1, -0.05) is 22.0 Å². The Hall–Kier alpha value is -2.34. The van der Waals surface area contributed by atoms with E-state index in [9.17, 15) is 9.59 Å². The van der Waals surface area contributed by atoms with Gasteiger partial charge in [0.1, 0.15) is 0 Å². The van der Waals surface area contributed by atoms with Crippen LogP contribution < -0.4 is 14.2 Å². The van der Waals surface area contributed by atoms with Crippen molar-refractivity contribution in [2.45, 2.75) is 5.33 Å². The van der Waals surface area contributed by atoms with Gasteiger partial charge in [0, 0.05) is 22.0 Å². The number of hydrogen-bond acceptors (Lipinski definition) is 5. The van der Waals surface area contributed by atoms with Gasteiger partial charge in [0.05, 0.1) is 26.9 Å². The van der Waals surface area contributed by atoms with Gasteiger partial charge in [0.25, 0.3) is 0 Å². The van der Waals surface area contributed by atoms with Crippen molar-refractivity contribution in [2.24, 2.45) is 0 Å². The number of ether oxygens (including phenoxy) is 3. The lowest BCUT2D eigenvalue weighted by Gasteiger charge is -2.23. The van der Waals surface area contributed by atoms with E-state index in [-0.39, 0.29) is 28.4 Å². The molecule has 0 atom stereocenters. The lowest BCUT2D eigenvalue weighted by atomic mass is 9.82. The maximum Gasteiger partial charge on any atom is 0.204 e. The number of rotatable bonds is 4.